The van der Waals surface area contributed by atoms with Crippen molar-refractivity contribution in [3.8, 4) is 0 Å². The summed E-state index contributed by atoms with van der Waals surface area (Å²) in [4.78, 5) is 44.6. The van der Waals surface area contributed by atoms with Gasteiger partial charge >= 0.3 is 0 Å². The first-order valence-electron chi connectivity index (χ1n) is 11.2. The van der Waals surface area contributed by atoms with Crippen LogP contribution in [0.1, 0.15) is 51.0 Å². The molecule has 0 bridgehead atoms. The highest BCUT2D eigenvalue weighted by atomic mass is 19.1. The molecule has 2 N–H and O–H groups in total. The lowest BCUT2D eigenvalue weighted by Gasteiger charge is -2.33. The molecule has 0 unspecified atom stereocenters. The van der Waals surface area contributed by atoms with Crippen LogP contribution in [-0.2, 0) is 20.9 Å². The zero-order valence-electron chi connectivity index (χ0n) is 20.0. The van der Waals surface area contributed by atoms with Crippen molar-refractivity contribution in [1.82, 2.24) is 15.2 Å². The van der Waals surface area contributed by atoms with Gasteiger partial charge in [0.25, 0.3) is 0 Å². The molecule has 0 aliphatic carbocycles. The van der Waals surface area contributed by atoms with Gasteiger partial charge in [-0.3, -0.25) is 14.4 Å². The minimum atomic E-state index is -1.06. The second-order valence-electron chi connectivity index (χ2n) is 9.06. The highest BCUT2D eigenvalue weighted by Crippen LogP contribution is 2.26. The number of amides is 3. The number of anilines is 1. The number of rotatable bonds is 9. The Balaban J connectivity index is 1.86. The van der Waals surface area contributed by atoms with Crippen LogP contribution in [0.3, 0.4) is 0 Å². The molecule has 1 aromatic carbocycles. The van der Waals surface area contributed by atoms with E-state index >= 15 is 0 Å². The molecule has 2 heterocycles. The first kappa shape index (κ1) is 25.6. The molecule has 184 valence electrons. The first-order chi connectivity index (χ1) is 16.6. The largest absolute Gasteiger partial charge is 0.467 e. The fraction of sp³-hybridized carbons (Fsp3) is 0.308. The van der Waals surface area contributed by atoms with Crippen LogP contribution in [0.5, 0.6) is 0 Å². The lowest BCUT2D eigenvalue weighted by Crippen LogP contribution is -2.49. The third-order valence-electron chi connectivity index (χ3n) is 4.97. The number of carbonyl (C=O) groups is 3. The van der Waals surface area contributed by atoms with E-state index in [1.54, 1.807) is 36.5 Å². The quantitative estimate of drug-likeness (QED) is 0.477. The number of hydrogen-bond acceptors (Lipinski definition) is 5. The summed E-state index contributed by atoms with van der Waals surface area (Å²) in [5, 5.41) is 5.54. The van der Waals surface area contributed by atoms with E-state index in [1.165, 1.54) is 35.4 Å². The van der Waals surface area contributed by atoms with Crippen molar-refractivity contribution in [2.24, 2.45) is 0 Å². The lowest BCUT2D eigenvalue weighted by atomic mass is 10.0. The van der Waals surface area contributed by atoms with E-state index < -0.39 is 29.2 Å². The number of benzene rings is 1. The molecule has 35 heavy (non-hydrogen) atoms. The Labute approximate surface area is 203 Å². The number of carbonyl (C=O) groups excluding carboxylic acids is 3. The van der Waals surface area contributed by atoms with Crippen LogP contribution in [0.25, 0.3) is 0 Å². The van der Waals surface area contributed by atoms with Crippen LogP contribution in [0, 0.1) is 5.82 Å². The normalized spacial score (nSPS) is 12.0. The summed E-state index contributed by atoms with van der Waals surface area (Å²) in [5.41, 5.74) is -0.136. The molecule has 3 amide bonds. The SMILES string of the molecule is CC(C)(C)NC(=O)[C@H](c1ccc(F)cc1)N(Cc1ccco1)C(=O)CCC(=O)Nc1ccccn1. The highest BCUT2D eigenvalue weighted by molar-refractivity contribution is 5.94. The molecular weight excluding hydrogens is 451 g/mol. The number of nitrogens with zero attached hydrogens (tertiary/aromatic N) is 2. The van der Waals surface area contributed by atoms with Gasteiger partial charge in [0.1, 0.15) is 23.4 Å². The molecule has 0 spiro atoms. The van der Waals surface area contributed by atoms with E-state index in [0.29, 0.717) is 17.1 Å². The standard InChI is InChI=1S/C26H29FN4O4/c1-26(2,3)30-25(34)24(18-9-11-19(27)12-10-18)31(17-20-7-6-16-35-20)23(33)14-13-22(32)29-21-8-4-5-15-28-21/h4-12,15-16,24H,13-14,17H2,1-3H3,(H,30,34)(H,28,29,32)/t24-/m0/s1. The van der Waals surface area contributed by atoms with Gasteiger partial charge < -0.3 is 20.0 Å². The fourth-order valence-electron chi connectivity index (χ4n) is 3.46. The smallest absolute Gasteiger partial charge is 0.247 e. The Kier molecular flexibility index (Phi) is 8.35. The predicted molar refractivity (Wildman–Crippen MR) is 128 cm³/mol. The predicted octanol–water partition coefficient (Wildman–Crippen LogP) is 4.22. The van der Waals surface area contributed by atoms with Gasteiger partial charge in [-0.05, 0) is 62.7 Å². The van der Waals surface area contributed by atoms with Gasteiger partial charge in [0.2, 0.25) is 17.7 Å². The Bertz CT molecular complexity index is 1130. The van der Waals surface area contributed by atoms with E-state index in [-0.39, 0.29) is 25.3 Å². The first-order valence-corrected chi connectivity index (χ1v) is 11.2. The van der Waals surface area contributed by atoms with Crippen molar-refractivity contribution >= 4 is 23.5 Å². The number of aromatic nitrogens is 1. The topological polar surface area (TPSA) is 105 Å². The molecule has 2 aromatic heterocycles. The second-order valence-corrected chi connectivity index (χ2v) is 9.06. The molecule has 0 aliphatic heterocycles. The molecular formula is C26H29FN4O4. The van der Waals surface area contributed by atoms with Crippen molar-refractivity contribution < 1.29 is 23.2 Å². The average molecular weight is 481 g/mol. The Morgan fingerprint density at radius 1 is 1.03 bits per heavy atom. The van der Waals surface area contributed by atoms with Crippen molar-refractivity contribution in [2.75, 3.05) is 5.32 Å². The fourth-order valence-corrected chi connectivity index (χ4v) is 3.46. The monoisotopic (exact) mass is 480 g/mol. The summed E-state index contributed by atoms with van der Waals surface area (Å²) in [6.45, 7) is 5.47. The highest BCUT2D eigenvalue weighted by Gasteiger charge is 2.34. The van der Waals surface area contributed by atoms with Gasteiger partial charge in [0, 0.05) is 24.6 Å². The van der Waals surface area contributed by atoms with Gasteiger partial charge in [-0.25, -0.2) is 9.37 Å². The Morgan fingerprint density at radius 2 is 1.77 bits per heavy atom. The average Bonchev–Trinajstić information content (AvgIpc) is 3.31. The van der Waals surface area contributed by atoms with Gasteiger partial charge in [0.05, 0.1) is 12.8 Å². The van der Waals surface area contributed by atoms with E-state index in [1.807, 2.05) is 20.8 Å². The number of furan rings is 1. The minimum Gasteiger partial charge on any atom is -0.467 e. The van der Waals surface area contributed by atoms with E-state index in [9.17, 15) is 18.8 Å². The van der Waals surface area contributed by atoms with Gasteiger partial charge in [0.15, 0.2) is 0 Å². The lowest BCUT2D eigenvalue weighted by molar-refractivity contribution is -0.143. The van der Waals surface area contributed by atoms with Crippen LogP contribution in [0.15, 0.2) is 71.5 Å². The van der Waals surface area contributed by atoms with E-state index in [2.05, 4.69) is 15.6 Å². The number of hydrogen-bond donors (Lipinski definition) is 2. The zero-order chi connectivity index (χ0) is 25.4. The van der Waals surface area contributed by atoms with Gasteiger partial charge in [-0.15, -0.1) is 0 Å². The van der Waals surface area contributed by atoms with E-state index in [4.69, 9.17) is 4.42 Å². The van der Waals surface area contributed by atoms with Crippen LogP contribution in [0.2, 0.25) is 0 Å². The van der Waals surface area contributed by atoms with Crippen molar-refractivity contribution in [2.45, 2.75) is 51.7 Å². The summed E-state index contributed by atoms with van der Waals surface area (Å²) >= 11 is 0. The number of halogens is 1. The van der Waals surface area contributed by atoms with Crippen LogP contribution in [0.4, 0.5) is 10.2 Å². The molecule has 0 radical (unpaired) electrons. The second kappa shape index (κ2) is 11.4. The Hall–Kier alpha value is -4.01. The van der Waals surface area contributed by atoms with Crippen LogP contribution >= 0.6 is 0 Å². The third kappa shape index (κ3) is 7.77. The van der Waals surface area contributed by atoms with Gasteiger partial charge in [-0.1, -0.05) is 18.2 Å². The summed E-state index contributed by atoms with van der Waals surface area (Å²) in [6.07, 6.45) is 2.76. The molecule has 8 nitrogen and oxygen atoms in total. The Morgan fingerprint density at radius 3 is 2.37 bits per heavy atom. The molecule has 0 saturated carbocycles. The molecule has 1 atom stereocenters. The van der Waals surface area contributed by atoms with E-state index in [0.717, 1.165) is 0 Å². The molecule has 9 heteroatoms. The van der Waals surface area contributed by atoms with Crippen molar-refractivity contribution in [1.29, 1.82) is 0 Å². The van der Waals surface area contributed by atoms with Crippen LogP contribution in [-0.4, -0.2) is 33.1 Å². The summed E-state index contributed by atoms with van der Waals surface area (Å²) in [7, 11) is 0. The molecule has 0 aliphatic rings. The number of pyridine rings is 1. The van der Waals surface area contributed by atoms with Crippen molar-refractivity contribution in [3.05, 3.63) is 84.2 Å². The molecule has 3 aromatic rings. The summed E-state index contributed by atoms with van der Waals surface area (Å²) in [6, 6.07) is 12.8. The zero-order valence-corrected chi connectivity index (χ0v) is 20.0. The minimum absolute atomic E-state index is 0.00665. The number of nitrogens with one attached hydrogen (secondary N) is 2. The summed E-state index contributed by atoms with van der Waals surface area (Å²) in [5.74, 6) is -0.859. The third-order valence-corrected chi connectivity index (χ3v) is 4.97. The maximum absolute atomic E-state index is 13.6. The maximum Gasteiger partial charge on any atom is 0.247 e. The molecule has 0 saturated heterocycles. The van der Waals surface area contributed by atoms with Crippen molar-refractivity contribution in [3.63, 3.8) is 0 Å². The van der Waals surface area contributed by atoms with Crippen LogP contribution < -0.4 is 10.6 Å². The molecule has 0 fully saturated rings. The van der Waals surface area contributed by atoms with Gasteiger partial charge in [-0.2, -0.15) is 0 Å². The summed E-state index contributed by atoms with van der Waals surface area (Å²) < 4.78 is 19.1. The molecule has 3 rings (SSSR count). The maximum atomic E-state index is 13.6.